The number of benzene rings is 1. The van der Waals surface area contributed by atoms with Gasteiger partial charge in [0.2, 0.25) is 5.89 Å². The molecular weight excluding hydrogens is 358 g/mol. The Hall–Kier alpha value is -2.52. The molecule has 0 aliphatic heterocycles. The molecule has 0 aliphatic rings. The molecule has 0 spiro atoms. The van der Waals surface area contributed by atoms with Gasteiger partial charge in [-0.3, -0.25) is 0 Å². The lowest BCUT2D eigenvalue weighted by Crippen LogP contribution is -1.96. The summed E-state index contributed by atoms with van der Waals surface area (Å²) in [4.78, 5) is 8.71. The van der Waals surface area contributed by atoms with Crippen LogP contribution in [0.2, 0.25) is 0 Å². The summed E-state index contributed by atoms with van der Waals surface area (Å²) < 4.78 is 11.0. The van der Waals surface area contributed by atoms with E-state index in [9.17, 15) is 0 Å². The molecule has 1 unspecified atom stereocenters. The standard InChI is InChI=1S/C16H13N5O2S2/c1-8-4-3-5-10(6-8)14-18-13(21-23-14)12(24)16-20-19-15(22-16)11-7-25-9(2)17-11/h3-7,12,24H,1-2H3. The molecule has 126 valence electrons. The van der Waals surface area contributed by atoms with Crippen molar-refractivity contribution in [2.75, 3.05) is 0 Å². The third kappa shape index (κ3) is 3.20. The van der Waals surface area contributed by atoms with Crippen molar-refractivity contribution < 1.29 is 8.94 Å². The summed E-state index contributed by atoms with van der Waals surface area (Å²) in [5.41, 5.74) is 2.61. The van der Waals surface area contributed by atoms with Crippen molar-refractivity contribution in [2.45, 2.75) is 19.1 Å². The molecule has 4 rings (SSSR count). The van der Waals surface area contributed by atoms with Crippen molar-refractivity contribution in [3.05, 3.63) is 51.9 Å². The highest BCUT2D eigenvalue weighted by atomic mass is 32.1. The molecule has 1 aromatic carbocycles. The Balaban J connectivity index is 1.59. The number of hydrogen-bond donors (Lipinski definition) is 1. The first kappa shape index (κ1) is 16.0. The SMILES string of the molecule is Cc1cccc(-c2nc(C(S)c3nnc(-c4csc(C)n4)o3)no2)c1. The Morgan fingerprint density at radius 1 is 1.12 bits per heavy atom. The maximum atomic E-state index is 5.66. The summed E-state index contributed by atoms with van der Waals surface area (Å²) in [7, 11) is 0. The van der Waals surface area contributed by atoms with Gasteiger partial charge in [0, 0.05) is 10.9 Å². The van der Waals surface area contributed by atoms with Crippen LogP contribution in [0.1, 0.15) is 27.5 Å². The summed E-state index contributed by atoms with van der Waals surface area (Å²) in [5.74, 6) is 1.43. The number of aryl methyl sites for hydroxylation is 2. The van der Waals surface area contributed by atoms with Gasteiger partial charge in [0.15, 0.2) is 5.82 Å². The van der Waals surface area contributed by atoms with Gasteiger partial charge in [0.05, 0.1) is 5.01 Å². The number of nitrogens with zero attached hydrogens (tertiary/aromatic N) is 5. The molecule has 0 saturated carbocycles. The molecule has 0 aliphatic carbocycles. The lowest BCUT2D eigenvalue weighted by atomic mass is 10.1. The van der Waals surface area contributed by atoms with Gasteiger partial charge < -0.3 is 8.94 Å². The van der Waals surface area contributed by atoms with E-state index in [1.165, 1.54) is 11.3 Å². The summed E-state index contributed by atoms with van der Waals surface area (Å²) >= 11 is 6.00. The van der Waals surface area contributed by atoms with Gasteiger partial charge in [0.25, 0.3) is 11.8 Å². The average molecular weight is 371 g/mol. The predicted octanol–water partition coefficient (Wildman–Crippen LogP) is 3.88. The van der Waals surface area contributed by atoms with Crippen LogP contribution in [-0.4, -0.2) is 25.3 Å². The molecule has 25 heavy (non-hydrogen) atoms. The molecule has 3 aromatic heterocycles. The van der Waals surface area contributed by atoms with E-state index in [0.717, 1.165) is 16.1 Å². The Kier molecular flexibility index (Phi) is 4.10. The highest BCUT2D eigenvalue weighted by Gasteiger charge is 2.24. The maximum Gasteiger partial charge on any atom is 0.267 e. The summed E-state index contributed by atoms with van der Waals surface area (Å²) in [6.45, 7) is 3.92. The second kappa shape index (κ2) is 6.41. The van der Waals surface area contributed by atoms with Gasteiger partial charge in [-0.1, -0.05) is 22.9 Å². The predicted molar refractivity (Wildman–Crippen MR) is 95.4 cm³/mol. The van der Waals surface area contributed by atoms with Crippen LogP contribution in [0, 0.1) is 13.8 Å². The number of thiol groups is 1. The van der Waals surface area contributed by atoms with Crippen molar-refractivity contribution in [1.82, 2.24) is 25.3 Å². The number of thiazole rings is 1. The largest absolute Gasteiger partial charge is 0.418 e. The molecule has 0 N–H and O–H groups in total. The van der Waals surface area contributed by atoms with Crippen LogP contribution in [0.4, 0.5) is 0 Å². The number of aromatic nitrogens is 5. The molecule has 0 amide bonds. The smallest absolute Gasteiger partial charge is 0.267 e. The van der Waals surface area contributed by atoms with Gasteiger partial charge in [0.1, 0.15) is 10.9 Å². The third-order valence-corrected chi connectivity index (χ3v) is 4.69. The fourth-order valence-electron chi connectivity index (χ4n) is 2.26. The Morgan fingerprint density at radius 2 is 2.00 bits per heavy atom. The Morgan fingerprint density at radius 3 is 2.76 bits per heavy atom. The molecule has 0 bridgehead atoms. The molecule has 1 atom stereocenters. The van der Waals surface area contributed by atoms with Gasteiger partial charge in [-0.2, -0.15) is 17.6 Å². The van der Waals surface area contributed by atoms with E-state index >= 15 is 0 Å². The van der Waals surface area contributed by atoms with Crippen molar-refractivity contribution in [2.24, 2.45) is 0 Å². The van der Waals surface area contributed by atoms with Crippen LogP contribution >= 0.6 is 24.0 Å². The summed E-state index contributed by atoms with van der Waals surface area (Å²) in [6.07, 6.45) is 0. The molecule has 9 heteroatoms. The fourth-order valence-corrected chi connectivity index (χ4v) is 3.06. The van der Waals surface area contributed by atoms with Crippen molar-refractivity contribution in [3.63, 3.8) is 0 Å². The van der Waals surface area contributed by atoms with Crippen LogP contribution in [0.25, 0.3) is 23.0 Å². The first-order valence-corrected chi connectivity index (χ1v) is 8.84. The van der Waals surface area contributed by atoms with Crippen LogP contribution in [-0.2, 0) is 0 Å². The van der Waals surface area contributed by atoms with Gasteiger partial charge in [-0.15, -0.1) is 21.5 Å². The average Bonchev–Trinajstić information content (AvgIpc) is 3.34. The van der Waals surface area contributed by atoms with Gasteiger partial charge in [-0.05, 0) is 26.0 Å². The number of hydrogen-bond acceptors (Lipinski definition) is 9. The van der Waals surface area contributed by atoms with Gasteiger partial charge in [-0.25, -0.2) is 4.98 Å². The minimum atomic E-state index is -0.580. The second-order valence-electron chi connectivity index (χ2n) is 5.43. The molecule has 0 saturated heterocycles. The Bertz CT molecular complexity index is 1020. The van der Waals surface area contributed by atoms with E-state index in [4.69, 9.17) is 8.94 Å². The minimum Gasteiger partial charge on any atom is -0.418 e. The van der Waals surface area contributed by atoms with Crippen molar-refractivity contribution in [3.8, 4) is 23.0 Å². The first-order chi connectivity index (χ1) is 12.1. The molecule has 4 aromatic rings. The second-order valence-corrected chi connectivity index (χ2v) is 7.01. The Labute approximate surface area is 152 Å². The van der Waals surface area contributed by atoms with E-state index in [0.29, 0.717) is 29.2 Å². The molecular formula is C16H13N5O2S2. The summed E-state index contributed by atoms with van der Waals surface area (Å²) in [6, 6.07) is 7.82. The van der Waals surface area contributed by atoms with E-state index in [1.807, 2.05) is 43.5 Å². The van der Waals surface area contributed by atoms with E-state index in [-0.39, 0.29) is 0 Å². The number of rotatable bonds is 4. The lowest BCUT2D eigenvalue weighted by Gasteiger charge is -1.98. The quantitative estimate of drug-likeness (QED) is 0.544. The zero-order chi connectivity index (χ0) is 17.4. The van der Waals surface area contributed by atoms with Crippen LogP contribution < -0.4 is 0 Å². The topological polar surface area (TPSA) is 90.7 Å². The van der Waals surface area contributed by atoms with E-state index < -0.39 is 5.25 Å². The van der Waals surface area contributed by atoms with Crippen LogP contribution in [0.15, 0.2) is 38.6 Å². The monoisotopic (exact) mass is 371 g/mol. The van der Waals surface area contributed by atoms with Crippen LogP contribution in [0.5, 0.6) is 0 Å². The fraction of sp³-hybridized carbons (Fsp3) is 0.188. The molecule has 7 nitrogen and oxygen atoms in total. The molecule has 3 heterocycles. The van der Waals surface area contributed by atoms with E-state index in [1.54, 1.807) is 0 Å². The molecule has 0 radical (unpaired) electrons. The highest BCUT2D eigenvalue weighted by Crippen LogP contribution is 2.29. The van der Waals surface area contributed by atoms with Crippen molar-refractivity contribution in [1.29, 1.82) is 0 Å². The highest BCUT2D eigenvalue weighted by molar-refractivity contribution is 7.80. The lowest BCUT2D eigenvalue weighted by molar-refractivity contribution is 0.419. The minimum absolute atomic E-state index is 0.292. The van der Waals surface area contributed by atoms with Gasteiger partial charge >= 0.3 is 0 Å². The maximum absolute atomic E-state index is 5.66. The van der Waals surface area contributed by atoms with Crippen LogP contribution in [0.3, 0.4) is 0 Å². The van der Waals surface area contributed by atoms with E-state index in [2.05, 4.69) is 38.0 Å². The first-order valence-electron chi connectivity index (χ1n) is 7.45. The third-order valence-electron chi connectivity index (χ3n) is 3.46. The zero-order valence-corrected chi connectivity index (χ0v) is 15.1. The zero-order valence-electron chi connectivity index (χ0n) is 13.4. The normalized spacial score (nSPS) is 12.4. The van der Waals surface area contributed by atoms with Crippen molar-refractivity contribution >= 4 is 24.0 Å². The molecule has 0 fully saturated rings. The summed E-state index contributed by atoms with van der Waals surface area (Å²) in [5, 5.41) is 14.2.